The molecule has 0 aliphatic carbocycles. The normalized spacial score (nSPS) is 12.1. The maximum Gasteiger partial charge on any atom is 0.152 e. The van der Waals surface area contributed by atoms with Crippen molar-refractivity contribution in [3.63, 3.8) is 0 Å². The van der Waals surface area contributed by atoms with Gasteiger partial charge >= 0.3 is 0 Å². The Hall–Kier alpha value is -2.75. The molecular weight excluding hydrogens is 278 g/mol. The molecule has 0 fully saturated rings. The van der Waals surface area contributed by atoms with Crippen LogP contribution < -0.4 is 9.47 Å². The van der Waals surface area contributed by atoms with Crippen molar-refractivity contribution in [3.05, 3.63) is 47.5 Å². The van der Waals surface area contributed by atoms with Gasteiger partial charge in [0.05, 0.1) is 19.9 Å². The smallest absolute Gasteiger partial charge is 0.152 e. The number of hydrogen-bond donors (Lipinski definition) is 0. The molecule has 4 rings (SSSR count). The first-order chi connectivity index (χ1) is 10.8. The van der Waals surface area contributed by atoms with Crippen LogP contribution in [0.3, 0.4) is 0 Å². The molecule has 0 radical (unpaired) electrons. The highest BCUT2D eigenvalue weighted by atomic mass is 16.5. The number of carbonyl (C=O) groups is 1. The zero-order valence-electron chi connectivity index (χ0n) is 12.4. The van der Waals surface area contributed by atoms with E-state index >= 15 is 0 Å². The number of aromatic nitrogens is 1. The molecule has 1 aliphatic rings. The average molecular weight is 293 g/mol. The molecule has 0 saturated carbocycles. The number of ether oxygens (including phenoxy) is 2. The van der Waals surface area contributed by atoms with Crippen molar-refractivity contribution in [1.29, 1.82) is 0 Å². The highest BCUT2D eigenvalue weighted by molar-refractivity contribution is 6.06. The molecule has 4 nitrogen and oxygen atoms in total. The number of carbonyl (C=O) groups excluding carboxylic acids is 1. The summed E-state index contributed by atoms with van der Waals surface area (Å²) in [4.78, 5) is 11.7. The molecule has 2 heterocycles. The number of methoxy groups -OCH3 is 2. The molecule has 3 aromatic rings. The van der Waals surface area contributed by atoms with Crippen LogP contribution in [0, 0.1) is 0 Å². The van der Waals surface area contributed by atoms with E-state index < -0.39 is 0 Å². The summed E-state index contributed by atoms with van der Waals surface area (Å²) in [6.45, 7) is 0.769. The Morgan fingerprint density at radius 3 is 2.50 bits per heavy atom. The maximum atomic E-state index is 11.7. The van der Waals surface area contributed by atoms with Gasteiger partial charge in [-0.05, 0) is 35.9 Å². The second-order valence-corrected chi connectivity index (χ2v) is 5.37. The predicted molar refractivity (Wildman–Crippen MR) is 85.0 cm³/mol. The van der Waals surface area contributed by atoms with Crippen molar-refractivity contribution in [2.75, 3.05) is 14.2 Å². The molecule has 1 aliphatic heterocycles. The van der Waals surface area contributed by atoms with E-state index in [4.69, 9.17) is 9.47 Å². The van der Waals surface area contributed by atoms with E-state index in [0.717, 1.165) is 46.5 Å². The van der Waals surface area contributed by atoms with Gasteiger partial charge in [-0.3, -0.25) is 4.79 Å². The molecule has 0 bridgehead atoms. The minimum absolute atomic E-state index is 0.709. The zero-order valence-corrected chi connectivity index (χ0v) is 12.4. The average Bonchev–Trinajstić information content (AvgIpc) is 3.07. The Balaban J connectivity index is 2.06. The fourth-order valence-corrected chi connectivity index (χ4v) is 3.27. The second-order valence-electron chi connectivity index (χ2n) is 5.37. The van der Waals surface area contributed by atoms with Crippen LogP contribution in [0.2, 0.25) is 0 Å². The van der Waals surface area contributed by atoms with Crippen LogP contribution in [0.25, 0.3) is 22.2 Å². The monoisotopic (exact) mass is 293 g/mol. The van der Waals surface area contributed by atoms with Crippen LogP contribution in [0.15, 0.2) is 36.4 Å². The van der Waals surface area contributed by atoms with Crippen molar-refractivity contribution in [1.82, 2.24) is 4.57 Å². The predicted octanol–water partition coefficient (Wildman–Crippen LogP) is 3.50. The van der Waals surface area contributed by atoms with Gasteiger partial charge in [0.15, 0.2) is 6.29 Å². The topological polar surface area (TPSA) is 40.5 Å². The molecule has 0 atom stereocenters. The lowest BCUT2D eigenvalue weighted by Gasteiger charge is -2.04. The molecule has 1 aromatic heterocycles. The third-order valence-electron chi connectivity index (χ3n) is 4.33. The zero-order chi connectivity index (χ0) is 15.3. The lowest BCUT2D eigenvalue weighted by molar-refractivity contribution is 0.112. The summed E-state index contributed by atoms with van der Waals surface area (Å²) >= 11 is 0. The largest absolute Gasteiger partial charge is 0.497 e. The molecule has 2 aromatic carbocycles. The fraction of sp³-hybridized carbons (Fsp3) is 0.167. The number of hydrogen-bond acceptors (Lipinski definition) is 3. The summed E-state index contributed by atoms with van der Waals surface area (Å²) in [5.74, 6) is 1.55. The van der Waals surface area contributed by atoms with Gasteiger partial charge in [-0.25, -0.2) is 0 Å². The Kier molecular flexibility index (Phi) is 2.73. The lowest BCUT2D eigenvalue weighted by Crippen LogP contribution is -1.92. The quantitative estimate of drug-likeness (QED) is 0.543. The van der Waals surface area contributed by atoms with E-state index in [1.165, 1.54) is 5.56 Å². The summed E-state index contributed by atoms with van der Waals surface area (Å²) in [5.41, 5.74) is 4.99. The number of benzene rings is 2. The van der Waals surface area contributed by atoms with Crippen LogP contribution in [-0.2, 0) is 6.54 Å². The van der Waals surface area contributed by atoms with Crippen molar-refractivity contribution in [2.45, 2.75) is 6.54 Å². The van der Waals surface area contributed by atoms with E-state index in [1.807, 2.05) is 30.3 Å². The second kappa shape index (κ2) is 4.63. The third kappa shape index (κ3) is 1.61. The van der Waals surface area contributed by atoms with Gasteiger partial charge in [0.25, 0.3) is 0 Å². The van der Waals surface area contributed by atoms with Crippen LogP contribution in [0.5, 0.6) is 11.5 Å². The van der Waals surface area contributed by atoms with E-state index in [0.29, 0.717) is 5.56 Å². The molecule has 0 unspecified atom stereocenters. The van der Waals surface area contributed by atoms with Crippen molar-refractivity contribution in [3.8, 4) is 22.8 Å². The molecular formula is C18H15NO3. The standard InChI is InChI=1S/C18H15NO3/c1-21-12-4-3-11-9-19-17-6-5-13(22-2)8-15(17)16(10-20)18(19)14(11)7-12/h3-8,10H,9H2,1-2H3. The first kappa shape index (κ1) is 13.0. The highest BCUT2D eigenvalue weighted by Crippen LogP contribution is 2.42. The Bertz CT molecular complexity index is 908. The summed E-state index contributed by atoms with van der Waals surface area (Å²) in [5, 5.41) is 0.929. The van der Waals surface area contributed by atoms with E-state index in [1.54, 1.807) is 14.2 Å². The Morgan fingerprint density at radius 1 is 1.05 bits per heavy atom. The van der Waals surface area contributed by atoms with Crippen LogP contribution >= 0.6 is 0 Å². The molecule has 22 heavy (non-hydrogen) atoms. The number of fused-ring (bicyclic) bond motifs is 5. The maximum absolute atomic E-state index is 11.7. The van der Waals surface area contributed by atoms with Gasteiger partial charge in [-0.15, -0.1) is 0 Å². The van der Waals surface area contributed by atoms with Crippen molar-refractivity contribution in [2.24, 2.45) is 0 Å². The van der Waals surface area contributed by atoms with Crippen LogP contribution in [0.4, 0.5) is 0 Å². The number of aldehydes is 1. The Labute approximate surface area is 127 Å². The molecule has 0 saturated heterocycles. The van der Waals surface area contributed by atoms with Gasteiger partial charge < -0.3 is 14.0 Å². The SMILES string of the molecule is COc1ccc2c(c1)-c1c(C=O)c3cc(OC)ccc3n1C2. The lowest BCUT2D eigenvalue weighted by atomic mass is 10.0. The van der Waals surface area contributed by atoms with Crippen LogP contribution in [0.1, 0.15) is 15.9 Å². The highest BCUT2D eigenvalue weighted by Gasteiger charge is 2.26. The molecule has 4 heteroatoms. The van der Waals surface area contributed by atoms with Crippen LogP contribution in [-0.4, -0.2) is 25.1 Å². The summed E-state index contributed by atoms with van der Waals surface area (Å²) in [6, 6.07) is 11.9. The van der Waals surface area contributed by atoms with E-state index in [9.17, 15) is 4.79 Å². The summed E-state index contributed by atoms with van der Waals surface area (Å²) < 4.78 is 12.8. The molecule has 110 valence electrons. The summed E-state index contributed by atoms with van der Waals surface area (Å²) in [6.07, 6.45) is 0.933. The fourth-order valence-electron chi connectivity index (χ4n) is 3.27. The van der Waals surface area contributed by atoms with E-state index in [-0.39, 0.29) is 0 Å². The third-order valence-corrected chi connectivity index (χ3v) is 4.33. The van der Waals surface area contributed by atoms with Gasteiger partial charge in [0, 0.05) is 28.6 Å². The molecule has 0 spiro atoms. The molecule has 0 amide bonds. The first-order valence-electron chi connectivity index (χ1n) is 7.09. The van der Waals surface area contributed by atoms with Gasteiger partial charge in [0.2, 0.25) is 0 Å². The molecule has 0 N–H and O–H groups in total. The van der Waals surface area contributed by atoms with Gasteiger partial charge in [-0.2, -0.15) is 0 Å². The van der Waals surface area contributed by atoms with Gasteiger partial charge in [0.1, 0.15) is 11.5 Å². The van der Waals surface area contributed by atoms with E-state index in [2.05, 4.69) is 10.6 Å². The van der Waals surface area contributed by atoms with Crippen molar-refractivity contribution >= 4 is 17.2 Å². The summed E-state index contributed by atoms with van der Waals surface area (Å²) in [7, 11) is 3.28. The van der Waals surface area contributed by atoms with Gasteiger partial charge in [-0.1, -0.05) is 6.07 Å². The minimum atomic E-state index is 0.709. The number of nitrogens with zero attached hydrogens (tertiary/aromatic N) is 1. The number of rotatable bonds is 3. The Morgan fingerprint density at radius 2 is 1.77 bits per heavy atom. The van der Waals surface area contributed by atoms with Crippen molar-refractivity contribution < 1.29 is 14.3 Å². The first-order valence-corrected chi connectivity index (χ1v) is 7.09. The minimum Gasteiger partial charge on any atom is -0.497 e.